The number of hydrogen-bond acceptors (Lipinski definition) is 7. The summed E-state index contributed by atoms with van der Waals surface area (Å²) in [4.78, 5) is 16.9. The van der Waals surface area contributed by atoms with Crippen LogP contribution in [0.3, 0.4) is 0 Å². The van der Waals surface area contributed by atoms with E-state index < -0.39 is 11.6 Å². The molecule has 1 saturated carbocycles. The Morgan fingerprint density at radius 3 is 2.81 bits per heavy atom. The van der Waals surface area contributed by atoms with E-state index in [4.69, 9.17) is 9.47 Å². The van der Waals surface area contributed by atoms with Crippen LogP contribution in [0.15, 0.2) is 18.3 Å². The molecule has 0 bridgehead atoms. The van der Waals surface area contributed by atoms with Gasteiger partial charge in [0, 0.05) is 25.6 Å². The summed E-state index contributed by atoms with van der Waals surface area (Å²) in [5, 5.41) is 12.9. The van der Waals surface area contributed by atoms with E-state index >= 15 is 0 Å². The molecule has 2 aromatic heterocycles. The lowest BCUT2D eigenvalue weighted by Gasteiger charge is -2.22. The maximum absolute atomic E-state index is 14.6. The average molecular weight is 444 g/mol. The second-order valence-corrected chi connectivity index (χ2v) is 7.99. The van der Waals surface area contributed by atoms with Crippen molar-refractivity contribution >= 4 is 34.6 Å². The van der Waals surface area contributed by atoms with Crippen molar-refractivity contribution < 1.29 is 23.0 Å². The third kappa shape index (κ3) is 3.63. The number of rotatable bonds is 6. The molecule has 32 heavy (non-hydrogen) atoms. The molecule has 3 heterocycles. The molecule has 2 atom stereocenters. The number of fused-ring (bicyclic) bond motifs is 2. The van der Waals surface area contributed by atoms with E-state index in [0.717, 1.165) is 12.5 Å². The quantitative estimate of drug-likeness (QED) is 0.534. The zero-order valence-corrected chi connectivity index (χ0v) is 17.5. The third-order valence-corrected chi connectivity index (χ3v) is 5.70. The lowest BCUT2D eigenvalue weighted by Crippen LogP contribution is -2.17. The molecule has 1 fully saturated rings. The largest absolute Gasteiger partial charge is 0.486 e. The van der Waals surface area contributed by atoms with Crippen LogP contribution in [0.2, 0.25) is 0 Å². The molecule has 11 heteroatoms. The van der Waals surface area contributed by atoms with E-state index in [2.05, 4.69) is 33.0 Å². The molecule has 3 N–H and O–H groups in total. The molecular weight excluding hydrogens is 422 g/mol. The van der Waals surface area contributed by atoms with Crippen molar-refractivity contribution in [3.05, 3.63) is 30.0 Å². The van der Waals surface area contributed by atoms with Gasteiger partial charge >= 0.3 is 0 Å². The Morgan fingerprint density at radius 2 is 2.06 bits per heavy atom. The highest BCUT2D eigenvalue weighted by molar-refractivity contribution is 5.95. The van der Waals surface area contributed by atoms with E-state index in [1.165, 1.54) is 10.7 Å². The SMILES string of the molecule is CNc1cc(Nc2c(F)c(F)cc3c2OCCO3)nc2c(NC(=O)C[C@@H]3C[C@@H]3C)cnn12. The van der Waals surface area contributed by atoms with Crippen LogP contribution in [0.25, 0.3) is 5.65 Å². The van der Waals surface area contributed by atoms with E-state index in [1.807, 2.05) is 0 Å². The Labute approximate surface area is 182 Å². The molecule has 1 aliphatic heterocycles. The number of halogens is 2. The summed E-state index contributed by atoms with van der Waals surface area (Å²) >= 11 is 0. The summed E-state index contributed by atoms with van der Waals surface area (Å²) in [5.74, 6) is -0.419. The second kappa shape index (κ2) is 7.81. The predicted molar refractivity (Wildman–Crippen MR) is 114 cm³/mol. The minimum Gasteiger partial charge on any atom is -0.486 e. The van der Waals surface area contributed by atoms with Gasteiger partial charge in [-0.05, 0) is 18.3 Å². The molecule has 1 aromatic carbocycles. The number of nitrogens with one attached hydrogen (secondary N) is 3. The summed E-state index contributed by atoms with van der Waals surface area (Å²) in [6.07, 6.45) is 2.99. The maximum Gasteiger partial charge on any atom is 0.224 e. The van der Waals surface area contributed by atoms with Crippen LogP contribution in [0.5, 0.6) is 11.5 Å². The highest BCUT2D eigenvalue weighted by Crippen LogP contribution is 2.42. The first-order chi connectivity index (χ1) is 15.4. The smallest absolute Gasteiger partial charge is 0.224 e. The summed E-state index contributed by atoms with van der Waals surface area (Å²) in [5.41, 5.74) is 0.551. The van der Waals surface area contributed by atoms with Gasteiger partial charge in [-0.25, -0.2) is 13.8 Å². The molecule has 2 aliphatic rings. The Morgan fingerprint density at radius 1 is 1.28 bits per heavy atom. The van der Waals surface area contributed by atoms with E-state index in [1.54, 1.807) is 13.1 Å². The van der Waals surface area contributed by atoms with Crippen molar-refractivity contribution in [2.24, 2.45) is 11.8 Å². The molecule has 0 unspecified atom stereocenters. The Hall–Kier alpha value is -3.63. The molecule has 0 saturated heterocycles. The van der Waals surface area contributed by atoms with E-state index in [9.17, 15) is 13.6 Å². The summed E-state index contributed by atoms with van der Waals surface area (Å²) < 4.78 is 41.1. The van der Waals surface area contributed by atoms with Crippen LogP contribution in [0.1, 0.15) is 19.8 Å². The fourth-order valence-corrected chi connectivity index (χ4v) is 3.79. The Kier molecular flexibility index (Phi) is 4.95. The van der Waals surface area contributed by atoms with Gasteiger partial charge in [0.2, 0.25) is 5.91 Å². The lowest BCUT2D eigenvalue weighted by atomic mass is 10.2. The molecule has 0 radical (unpaired) electrons. The van der Waals surface area contributed by atoms with Crippen LogP contribution in [0.4, 0.5) is 31.8 Å². The molecule has 1 amide bonds. The standard InChI is InChI=1S/C21H22F2N6O3/c1-10-5-11(10)6-17(30)26-13-9-25-29-16(24-2)8-15(28-21(13)29)27-19-18(23)12(22)7-14-20(19)32-4-3-31-14/h7-11,24H,3-6H2,1-2H3,(H,26,30)(H,27,28)/t10-,11-/m0/s1. The summed E-state index contributed by atoms with van der Waals surface area (Å²) in [6.45, 7) is 2.56. The number of nitrogens with zero attached hydrogens (tertiary/aromatic N) is 3. The predicted octanol–water partition coefficient (Wildman–Crippen LogP) is 3.55. The molecule has 1 aliphatic carbocycles. The van der Waals surface area contributed by atoms with Gasteiger partial charge in [0.1, 0.15) is 36.2 Å². The van der Waals surface area contributed by atoms with Gasteiger partial charge in [0.05, 0.1) is 6.20 Å². The average Bonchev–Trinajstić information content (AvgIpc) is 3.32. The van der Waals surface area contributed by atoms with Crippen molar-refractivity contribution in [1.29, 1.82) is 0 Å². The van der Waals surface area contributed by atoms with Crippen molar-refractivity contribution in [3.8, 4) is 11.5 Å². The van der Waals surface area contributed by atoms with Gasteiger partial charge in [-0.15, -0.1) is 0 Å². The lowest BCUT2D eigenvalue weighted by molar-refractivity contribution is -0.116. The zero-order valence-electron chi connectivity index (χ0n) is 17.5. The highest BCUT2D eigenvalue weighted by Gasteiger charge is 2.34. The number of carbonyl (C=O) groups is 1. The van der Waals surface area contributed by atoms with Gasteiger partial charge < -0.3 is 25.4 Å². The number of aromatic nitrogens is 3. The number of ether oxygens (including phenoxy) is 2. The first-order valence-corrected chi connectivity index (χ1v) is 10.4. The fraction of sp³-hybridized carbons (Fsp3) is 0.381. The van der Waals surface area contributed by atoms with Gasteiger partial charge in [0.25, 0.3) is 0 Å². The third-order valence-electron chi connectivity index (χ3n) is 5.70. The van der Waals surface area contributed by atoms with Crippen molar-refractivity contribution in [2.75, 3.05) is 36.2 Å². The monoisotopic (exact) mass is 444 g/mol. The van der Waals surface area contributed by atoms with Gasteiger partial charge in [-0.1, -0.05) is 6.92 Å². The molecule has 0 spiro atoms. The number of anilines is 4. The van der Waals surface area contributed by atoms with Crippen molar-refractivity contribution in [1.82, 2.24) is 14.6 Å². The van der Waals surface area contributed by atoms with Gasteiger partial charge in [-0.2, -0.15) is 9.61 Å². The molecule has 5 rings (SSSR count). The summed E-state index contributed by atoms with van der Waals surface area (Å²) in [6, 6.07) is 2.54. The van der Waals surface area contributed by atoms with E-state index in [0.29, 0.717) is 35.4 Å². The maximum atomic E-state index is 14.6. The normalized spacial score (nSPS) is 19.0. The molecule has 3 aromatic rings. The molecular formula is C21H22F2N6O3. The van der Waals surface area contributed by atoms with Crippen molar-refractivity contribution in [2.45, 2.75) is 19.8 Å². The number of benzene rings is 1. The summed E-state index contributed by atoms with van der Waals surface area (Å²) in [7, 11) is 1.69. The molecule has 168 valence electrons. The van der Waals surface area contributed by atoms with Crippen LogP contribution in [-0.2, 0) is 4.79 Å². The number of amides is 1. The van der Waals surface area contributed by atoms with Crippen LogP contribution < -0.4 is 25.4 Å². The topological polar surface area (TPSA) is 102 Å². The Balaban J connectivity index is 1.50. The van der Waals surface area contributed by atoms with Crippen LogP contribution in [0, 0.1) is 23.5 Å². The van der Waals surface area contributed by atoms with Crippen molar-refractivity contribution in [3.63, 3.8) is 0 Å². The molecule has 9 nitrogen and oxygen atoms in total. The number of carbonyl (C=O) groups excluding carboxylic acids is 1. The zero-order chi connectivity index (χ0) is 22.4. The van der Waals surface area contributed by atoms with E-state index in [-0.39, 0.29) is 42.1 Å². The van der Waals surface area contributed by atoms with Gasteiger partial charge in [0.15, 0.2) is 28.8 Å². The number of hydrogen-bond donors (Lipinski definition) is 3. The van der Waals surface area contributed by atoms with Crippen LogP contribution in [-0.4, -0.2) is 40.8 Å². The minimum absolute atomic E-state index is 0.0726. The first-order valence-electron chi connectivity index (χ1n) is 10.4. The highest BCUT2D eigenvalue weighted by atomic mass is 19.2. The van der Waals surface area contributed by atoms with Crippen LogP contribution >= 0.6 is 0 Å². The minimum atomic E-state index is -1.11. The van der Waals surface area contributed by atoms with Gasteiger partial charge in [-0.3, -0.25) is 4.79 Å². The Bertz CT molecular complexity index is 1210. The first kappa shape index (κ1) is 20.3. The fourth-order valence-electron chi connectivity index (χ4n) is 3.79. The second-order valence-electron chi connectivity index (χ2n) is 7.99.